The molecule has 3 aliphatic rings. The summed E-state index contributed by atoms with van der Waals surface area (Å²) < 4.78 is 34.1. The zero-order valence-corrected chi connectivity index (χ0v) is 18.6. The quantitative estimate of drug-likeness (QED) is 0.710. The van der Waals surface area contributed by atoms with Gasteiger partial charge >= 0.3 is 5.97 Å². The Labute approximate surface area is 183 Å². The van der Waals surface area contributed by atoms with E-state index in [0.717, 1.165) is 25.7 Å². The molecule has 2 aliphatic heterocycles. The third-order valence-corrected chi connectivity index (χ3v) is 7.61. The first-order valence-corrected chi connectivity index (χ1v) is 12.5. The topological polar surface area (TPSA) is 105 Å². The van der Waals surface area contributed by atoms with E-state index in [9.17, 15) is 18.0 Å². The highest BCUT2D eigenvalue weighted by Crippen LogP contribution is 2.30. The van der Waals surface area contributed by atoms with E-state index in [0.29, 0.717) is 37.3 Å². The Hall–Kier alpha value is -2.42. The zero-order valence-electron chi connectivity index (χ0n) is 17.7. The minimum atomic E-state index is -3.71. The Kier molecular flexibility index (Phi) is 6.31. The summed E-state index contributed by atoms with van der Waals surface area (Å²) in [7, 11) is -3.71. The number of amidine groups is 1. The molecular formula is C22H29N3O5S. The predicted molar refractivity (Wildman–Crippen MR) is 115 cm³/mol. The smallest absolute Gasteiger partial charge is 0.311 e. The van der Waals surface area contributed by atoms with E-state index in [4.69, 9.17) is 4.74 Å². The van der Waals surface area contributed by atoms with Gasteiger partial charge in [-0.1, -0.05) is 31.4 Å². The molecule has 1 saturated carbocycles. The molecule has 2 heterocycles. The third-order valence-electron chi connectivity index (χ3n) is 6.28. The highest BCUT2D eigenvalue weighted by molar-refractivity contribution is 7.90. The highest BCUT2D eigenvalue weighted by Gasteiger charge is 2.36. The highest BCUT2D eigenvalue weighted by atomic mass is 32.2. The number of sulfonamides is 1. The van der Waals surface area contributed by atoms with Crippen molar-refractivity contribution >= 4 is 27.7 Å². The summed E-state index contributed by atoms with van der Waals surface area (Å²) in [6.07, 6.45) is 5.85. The molecule has 2 atom stereocenters. The maximum Gasteiger partial charge on any atom is 0.311 e. The number of esters is 1. The second-order valence-corrected chi connectivity index (χ2v) is 10.2. The number of hydrogen-bond acceptors (Lipinski definition) is 6. The number of amides is 1. The summed E-state index contributed by atoms with van der Waals surface area (Å²) in [5.74, 6) is -0.730. The fourth-order valence-corrected chi connectivity index (χ4v) is 5.80. The van der Waals surface area contributed by atoms with Crippen molar-refractivity contribution in [3.8, 4) is 0 Å². The van der Waals surface area contributed by atoms with E-state index in [1.807, 2.05) is 4.90 Å². The average Bonchev–Trinajstić information content (AvgIpc) is 3.05. The number of piperidine rings is 1. The summed E-state index contributed by atoms with van der Waals surface area (Å²) in [4.78, 5) is 27.2. The van der Waals surface area contributed by atoms with E-state index in [2.05, 4.69) is 9.71 Å². The summed E-state index contributed by atoms with van der Waals surface area (Å²) in [6, 6.07) is 6.89. The molecule has 1 N–H and O–H groups in total. The third kappa shape index (κ3) is 4.76. The fourth-order valence-electron chi connectivity index (χ4n) is 4.57. The predicted octanol–water partition coefficient (Wildman–Crippen LogP) is 2.23. The van der Waals surface area contributed by atoms with Crippen LogP contribution in [0.5, 0.6) is 0 Å². The molecule has 2 fully saturated rings. The van der Waals surface area contributed by atoms with E-state index >= 15 is 0 Å². The molecule has 0 radical (unpaired) electrons. The second-order valence-electron chi connectivity index (χ2n) is 8.59. The lowest BCUT2D eigenvalue weighted by Gasteiger charge is -2.33. The van der Waals surface area contributed by atoms with Crippen molar-refractivity contribution in [2.24, 2.45) is 10.3 Å². The maximum absolute atomic E-state index is 12.8. The van der Waals surface area contributed by atoms with Gasteiger partial charge in [0.15, 0.2) is 11.9 Å². The number of hydrogen-bond donors (Lipinski definition) is 1. The SMILES string of the molecule is C[C@@H](OC(=O)[C@H]1CCCN(C2=NS(=O)(=O)c3ccccc32)C1)C(=O)NC1CCCCC1. The molecule has 0 aromatic heterocycles. The number of carbonyl (C=O) groups is 2. The molecule has 1 aromatic rings. The van der Waals surface area contributed by atoms with Gasteiger partial charge in [0.2, 0.25) is 0 Å². The minimum absolute atomic E-state index is 0.162. The van der Waals surface area contributed by atoms with Gasteiger partial charge in [-0.15, -0.1) is 4.40 Å². The number of likely N-dealkylation sites (tertiary alicyclic amines) is 1. The van der Waals surface area contributed by atoms with Crippen molar-refractivity contribution in [3.63, 3.8) is 0 Å². The van der Waals surface area contributed by atoms with Crippen LogP contribution in [-0.4, -0.2) is 56.3 Å². The normalized spacial score (nSPS) is 24.1. The van der Waals surface area contributed by atoms with Crippen molar-refractivity contribution < 1.29 is 22.7 Å². The van der Waals surface area contributed by atoms with Crippen LogP contribution >= 0.6 is 0 Å². The van der Waals surface area contributed by atoms with E-state index in [1.165, 1.54) is 6.42 Å². The van der Waals surface area contributed by atoms with Gasteiger partial charge in [0.1, 0.15) is 4.90 Å². The Morgan fingerprint density at radius 2 is 1.87 bits per heavy atom. The molecular weight excluding hydrogens is 418 g/mol. The summed E-state index contributed by atoms with van der Waals surface area (Å²) in [6.45, 7) is 2.53. The molecule has 4 rings (SSSR count). The molecule has 0 spiro atoms. The van der Waals surface area contributed by atoms with Crippen LogP contribution in [0.25, 0.3) is 0 Å². The van der Waals surface area contributed by atoms with Crippen molar-refractivity contribution in [1.29, 1.82) is 0 Å². The van der Waals surface area contributed by atoms with Gasteiger partial charge in [0.25, 0.3) is 15.9 Å². The van der Waals surface area contributed by atoms with Crippen LogP contribution in [-0.2, 0) is 24.3 Å². The van der Waals surface area contributed by atoms with Crippen LogP contribution < -0.4 is 5.32 Å². The molecule has 1 aliphatic carbocycles. The lowest BCUT2D eigenvalue weighted by molar-refractivity contribution is -0.160. The lowest BCUT2D eigenvalue weighted by Crippen LogP contribution is -2.46. The van der Waals surface area contributed by atoms with Crippen molar-refractivity contribution in [3.05, 3.63) is 29.8 Å². The molecule has 9 heteroatoms. The molecule has 0 unspecified atom stereocenters. The van der Waals surface area contributed by atoms with Gasteiger partial charge in [0, 0.05) is 24.7 Å². The molecule has 8 nitrogen and oxygen atoms in total. The monoisotopic (exact) mass is 447 g/mol. The zero-order chi connectivity index (χ0) is 22.0. The maximum atomic E-state index is 12.8. The molecule has 1 saturated heterocycles. The van der Waals surface area contributed by atoms with Gasteiger partial charge in [-0.25, -0.2) is 0 Å². The van der Waals surface area contributed by atoms with Crippen molar-refractivity contribution in [1.82, 2.24) is 10.2 Å². The Morgan fingerprint density at radius 3 is 2.65 bits per heavy atom. The summed E-state index contributed by atoms with van der Waals surface area (Å²) >= 11 is 0. The summed E-state index contributed by atoms with van der Waals surface area (Å²) in [5.41, 5.74) is 0.566. The number of ether oxygens (including phenoxy) is 1. The molecule has 1 amide bonds. The van der Waals surface area contributed by atoms with Gasteiger partial charge < -0.3 is 15.0 Å². The number of nitrogens with zero attached hydrogens (tertiary/aromatic N) is 2. The number of fused-ring (bicyclic) bond motifs is 1. The Morgan fingerprint density at radius 1 is 1.13 bits per heavy atom. The Balaban J connectivity index is 1.37. The number of carbonyl (C=O) groups excluding carboxylic acids is 2. The van der Waals surface area contributed by atoms with E-state index < -0.39 is 28.0 Å². The van der Waals surface area contributed by atoms with Crippen LogP contribution in [0, 0.1) is 5.92 Å². The minimum Gasteiger partial charge on any atom is -0.452 e. The molecule has 1 aromatic carbocycles. The second kappa shape index (κ2) is 8.98. The number of nitrogens with one attached hydrogen (secondary N) is 1. The molecule has 0 bridgehead atoms. The fraction of sp³-hybridized carbons (Fsp3) is 0.591. The van der Waals surface area contributed by atoms with E-state index in [1.54, 1.807) is 31.2 Å². The molecule has 168 valence electrons. The van der Waals surface area contributed by atoms with Crippen LogP contribution in [0.15, 0.2) is 33.6 Å². The standard InChI is InChI=1S/C22H29N3O5S/c1-15(21(26)23-17-9-3-2-4-10-17)30-22(27)16-8-7-13-25(14-16)20-18-11-5-6-12-19(18)31(28,29)24-20/h5-6,11-12,15-17H,2-4,7-10,13-14H2,1H3,(H,23,26)/t15-,16+/m1/s1. The Bertz CT molecular complexity index is 985. The van der Waals surface area contributed by atoms with Crippen molar-refractivity contribution in [2.45, 2.75) is 68.9 Å². The van der Waals surface area contributed by atoms with E-state index in [-0.39, 0.29) is 16.8 Å². The molecule has 31 heavy (non-hydrogen) atoms. The van der Waals surface area contributed by atoms with Gasteiger partial charge in [-0.3, -0.25) is 9.59 Å². The first kappa shape index (κ1) is 21.8. The van der Waals surface area contributed by atoms with Crippen molar-refractivity contribution in [2.75, 3.05) is 13.1 Å². The van der Waals surface area contributed by atoms with Gasteiger partial charge in [0.05, 0.1) is 5.92 Å². The lowest BCUT2D eigenvalue weighted by atomic mass is 9.95. The van der Waals surface area contributed by atoms with Crippen LogP contribution in [0.2, 0.25) is 0 Å². The van der Waals surface area contributed by atoms with Crippen LogP contribution in [0.4, 0.5) is 0 Å². The first-order chi connectivity index (χ1) is 14.8. The first-order valence-electron chi connectivity index (χ1n) is 11.1. The van der Waals surface area contributed by atoms with Gasteiger partial charge in [-0.05, 0) is 44.7 Å². The largest absolute Gasteiger partial charge is 0.452 e. The van der Waals surface area contributed by atoms with Gasteiger partial charge in [-0.2, -0.15) is 8.42 Å². The number of benzene rings is 1. The number of rotatable bonds is 4. The summed E-state index contributed by atoms with van der Waals surface area (Å²) in [5, 5.41) is 2.99. The van der Waals surface area contributed by atoms with Crippen LogP contribution in [0.1, 0.15) is 57.4 Å². The average molecular weight is 448 g/mol. The van der Waals surface area contributed by atoms with Crippen LogP contribution in [0.3, 0.4) is 0 Å².